The minimum Gasteiger partial charge on any atom is -0.481 e. The maximum absolute atomic E-state index is 14.4. The second-order valence-electron chi connectivity index (χ2n) is 21.8. The molecule has 1 saturated heterocycles. The van der Waals surface area contributed by atoms with Gasteiger partial charge in [0.05, 0.1) is 6.04 Å². The molecule has 28 heteroatoms. The highest BCUT2D eigenvalue weighted by Gasteiger charge is 2.42. The molecule has 1 aliphatic rings. The van der Waals surface area contributed by atoms with Gasteiger partial charge in [-0.2, -0.15) is 0 Å². The van der Waals surface area contributed by atoms with Crippen LogP contribution in [0.4, 0.5) is 0 Å². The summed E-state index contributed by atoms with van der Waals surface area (Å²) in [5.41, 5.74) is 22.4. The molecule has 0 aliphatic carbocycles. The Labute approximate surface area is 468 Å². The lowest BCUT2D eigenvalue weighted by molar-refractivity contribution is -0.145. The lowest BCUT2D eigenvalue weighted by Gasteiger charge is -2.33. The van der Waals surface area contributed by atoms with E-state index in [1.54, 1.807) is 69.2 Å². The minimum absolute atomic E-state index is 0.0147. The average Bonchev–Trinajstić information content (AvgIpc) is 3.88. The van der Waals surface area contributed by atoms with Crippen molar-refractivity contribution in [2.75, 3.05) is 13.1 Å². The number of aliphatic imine (C=N–C) groups is 1. The molecule has 0 radical (unpaired) electrons. The quantitative estimate of drug-likeness (QED) is 0.0182. The third kappa shape index (κ3) is 24.1. The number of guanidine groups is 1. The van der Waals surface area contributed by atoms with E-state index < -0.39 is 168 Å². The summed E-state index contributed by atoms with van der Waals surface area (Å²) >= 11 is 0. The molecule has 0 bridgehead atoms. The van der Waals surface area contributed by atoms with Crippen LogP contribution in [0.5, 0.6) is 0 Å². The molecule has 0 aromatic rings. The van der Waals surface area contributed by atoms with Gasteiger partial charge in [0.15, 0.2) is 5.96 Å². The van der Waals surface area contributed by atoms with Crippen LogP contribution in [0.15, 0.2) is 4.99 Å². The van der Waals surface area contributed by atoms with Gasteiger partial charge >= 0.3 is 11.9 Å². The molecule has 0 spiro atoms. The van der Waals surface area contributed by atoms with E-state index in [2.05, 4.69) is 47.5 Å². The first kappa shape index (κ1) is 70.9. The van der Waals surface area contributed by atoms with E-state index in [1.165, 1.54) is 11.8 Å². The number of likely N-dealkylation sites (tertiary alicyclic amines) is 1. The van der Waals surface area contributed by atoms with Crippen LogP contribution in [0.3, 0.4) is 0 Å². The van der Waals surface area contributed by atoms with Gasteiger partial charge in [-0.05, 0) is 81.5 Å². The average molecular weight is 1140 g/mol. The fourth-order valence-corrected chi connectivity index (χ4v) is 8.49. The molecule has 1 aliphatic heterocycles. The van der Waals surface area contributed by atoms with Gasteiger partial charge in [-0.15, -0.1) is 0 Å². The van der Waals surface area contributed by atoms with Crippen molar-refractivity contribution in [3.8, 4) is 0 Å². The minimum atomic E-state index is -1.65. The normalized spacial score (nSPS) is 17.3. The van der Waals surface area contributed by atoms with Crippen molar-refractivity contribution in [2.45, 2.75) is 207 Å². The maximum Gasteiger partial charge on any atom is 0.326 e. The number of rotatable bonds is 36. The van der Waals surface area contributed by atoms with Crippen molar-refractivity contribution < 1.29 is 67.7 Å². The topological polar surface area (TPSA) is 461 Å². The largest absolute Gasteiger partial charge is 0.481 e. The molecule has 1 fully saturated rings. The molecule has 0 aromatic heterocycles. The van der Waals surface area contributed by atoms with Gasteiger partial charge in [0.1, 0.15) is 54.4 Å². The highest BCUT2D eigenvalue weighted by molar-refractivity contribution is 5.99. The first-order valence-electron chi connectivity index (χ1n) is 27.5. The Hall–Kier alpha value is -7.13. The summed E-state index contributed by atoms with van der Waals surface area (Å²) in [6, 6.07) is -12.9. The molecule has 0 aromatic carbocycles. The van der Waals surface area contributed by atoms with E-state index in [0.29, 0.717) is 19.3 Å². The van der Waals surface area contributed by atoms with Crippen molar-refractivity contribution in [1.82, 2.24) is 47.4 Å². The van der Waals surface area contributed by atoms with Crippen molar-refractivity contribution >= 4 is 77.0 Å². The van der Waals surface area contributed by atoms with E-state index in [1.807, 2.05) is 0 Å². The third-order valence-corrected chi connectivity index (χ3v) is 13.9. The number of nitrogens with two attached hydrogens (primary N) is 4. The molecular weight excluding hydrogens is 1040 g/mol. The Morgan fingerprint density at radius 3 is 1.55 bits per heavy atom. The molecule has 28 nitrogen and oxygen atoms in total. The second kappa shape index (κ2) is 34.8. The SMILES string of the molecule is CC[C@H](C)[C@H](NC(=O)[C@@H](NC(=O)[C@@H]1CCCN1C(=O)[C@@H](NC(=O)[C@H](CCCN=C(N)N)NC(=O)[C@H](C)NC(=O)[C@H](CCC(=O)O)NC(=O)[C@H](CCC(N)=O)NC(=O)[C@H](CC(C)C)NC(=O)[C@@H](N)C(C)C)C(C)C)[C@@H](C)CC)C(=O)O. The Morgan fingerprint density at radius 1 is 0.562 bits per heavy atom. The first-order valence-corrected chi connectivity index (χ1v) is 27.5. The number of carbonyl (C=O) groups excluding carboxylic acids is 10. The van der Waals surface area contributed by atoms with E-state index in [4.69, 9.17) is 22.9 Å². The van der Waals surface area contributed by atoms with Gasteiger partial charge in [0, 0.05) is 25.9 Å². The van der Waals surface area contributed by atoms with E-state index in [9.17, 15) is 67.7 Å². The van der Waals surface area contributed by atoms with Gasteiger partial charge in [-0.25, -0.2) is 4.79 Å². The van der Waals surface area contributed by atoms with Gasteiger partial charge in [0.25, 0.3) is 0 Å². The summed E-state index contributed by atoms with van der Waals surface area (Å²) in [6.45, 7) is 18.7. The molecule has 0 saturated carbocycles. The lowest BCUT2D eigenvalue weighted by atomic mass is 9.95. The van der Waals surface area contributed by atoms with E-state index in [0.717, 1.165) is 0 Å². The Balaban J connectivity index is 3.46. The Morgan fingerprint density at radius 2 is 1.05 bits per heavy atom. The molecule has 12 atom stereocenters. The summed E-state index contributed by atoms with van der Waals surface area (Å²) in [5.74, 6) is -12.8. The molecule has 1 heterocycles. The van der Waals surface area contributed by atoms with Gasteiger partial charge in [-0.3, -0.25) is 57.7 Å². The molecule has 1 rings (SSSR count). The fraction of sp³-hybridized carbons (Fsp3) is 0.750. The Kier molecular flexibility index (Phi) is 30.8. The number of amides is 10. The number of nitrogens with one attached hydrogen (secondary N) is 8. The molecule has 18 N–H and O–H groups in total. The number of carboxylic acids is 2. The lowest BCUT2D eigenvalue weighted by Crippen LogP contribution is -2.61. The van der Waals surface area contributed by atoms with Gasteiger partial charge in [0.2, 0.25) is 59.1 Å². The predicted molar refractivity (Wildman–Crippen MR) is 295 cm³/mol. The summed E-state index contributed by atoms with van der Waals surface area (Å²) in [6.07, 6.45) is -0.317. The highest BCUT2D eigenvalue weighted by atomic mass is 16.4. The fourth-order valence-electron chi connectivity index (χ4n) is 8.49. The summed E-state index contributed by atoms with van der Waals surface area (Å²) in [4.78, 5) is 165. The monoisotopic (exact) mass is 1140 g/mol. The summed E-state index contributed by atoms with van der Waals surface area (Å²) in [5, 5.41) is 39.9. The van der Waals surface area contributed by atoms with Crippen LogP contribution in [0.25, 0.3) is 0 Å². The number of carboxylic acid groups (broad SMARTS) is 2. The second-order valence-corrected chi connectivity index (χ2v) is 21.8. The van der Waals surface area contributed by atoms with Crippen molar-refractivity contribution in [2.24, 2.45) is 57.5 Å². The number of primary amides is 1. The predicted octanol–water partition coefficient (Wildman–Crippen LogP) is -2.08. The van der Waals surface area contributed by atoms with E-state index >= 15 is 0 Å². The number of nitrogens with zero attached hydrogens (tertiary/aromatic N) is 2. The number of hydrogen-bond acceptors (Lipinski definition) is 14. The number of carbonyl (C=O) groups is 12. The third-order valence-electron chi connectivity index (χ3n) is 13.9. The van der Waals surface area contributed by atoms with Gasteiger partial charge < -0.3 is 80.6 Å². The molecule has 0 unspecified atom stereocenters. The highest BCUT2D eigenvalue weighted by Crippen LogP contribution is 2.22. The summed E-state index contributed by atoms with van der Waals surface area (Å²) < 4.78 is 0. The van der Waals surface area contributed by atoms with Gasteiger partial charge in [-0.1, -0.05) is 82.1 Å². The smallest absolute Gasteiger partial charge is 0.326 e. The van der Waals surface area contributed by atoms with Crippen LogP contribution in [0.2, 0.25) is 0 Å². The van der Waals surface area contributed by atoms with E-state index in [-0.39, 0.29) is 63.0 Å². The standard InChI is InChI=1S/C52H92N14O14/c1-12-28(9)40(49(77)65-41(51(79)80)29(10)13-2)64-47(75)35-17-15-23-66(35)50(78)39(27(7)8)63-45(73)31(16-14-22-57-52(55)56)59-42(70)30(11)58-43(71)33(19-21-37(68)69)60-44(72)32(18-20-36(53)67)61-46(74)34(24-25(3)4)62-48(76)38(54)26(5)6/h25-35,38-41H,12-24,54H2,1-11H3,(H2,53,67)(H,58,71)(H,59,70)(H,60,72)(H,61,74)(H,62,76)(H,63,73)(H,64,75)(H,65,77)(H,68,69)(H,79,80)(H4,55,56,57)/t28-,29-,30-,31-,32-,33-,34-,35-,38-,39-,40-,41-/m0/s1. The van der Waals surface area contributed by atoms with Crippen LogP contribution in [0, 0.1) is 29.6 Å². The van der Waals surface area contributed by atoms with Crippen molar-refractivity contribution in [1.29, 1.82) is 0 Å². The zero-order chi connectivity index (χ0) is 61.3. The van der Waals surface area contributed by atoms with Crippen molar-refractivity contribution in [3.63, 3.8) is 0 Å². The summed E-state index contributed by atoms with van der Waals surface area (Å²) in [7, 11) is 0. The first-order chi connectivity index (χ1) is 37.3. The van der Waals surface area contributed by atoms with Crippen LogP contribution < -0.4 is 65.5 Å². The number of hydrogen-bond donors (Lipinski definition) is 14. The molecule has 10 amide bonds. The van der Waals surface area contributed by atoms with Crippen molar-refractivity contribution in [3.05, 3.63) is 0 Å². The zero-order valence-corrected chi connectivity index (χ0v) is 48.3. The maximum atomic E-state index is 14.4. The van der Waals surface area contributed by atoms with Crippen LogP contribution in [-0.2, 0) is 57.5 Å². The Bertz CT molecular complexity index is 2190. The van der Waals surface area contributed by atoms with Crippen LogP contribution >= 0.6 is 0 Å². The molecule has 80 heavy (non-hydrogen) atoms. The zero-order valence-electron chi connectivity index (χ0n) is 48.3. The molecular formula is C52H92N14O14. The molecule has 454 valence electrons. The van der Waals surface area contributed by atoms with Crippen LogP contribution in [0.1, 0.15) is 147 Å². The van der Waals surface area contributed by atoms with Crippen LogP contribution in [-0.4, -0.2) is 166 Å². The number of aliphatic carboxylic acids is 2.